The zero-order valence-corrected chi connectivity index (χ0v) is 8.21. The van der Waals surface area contributed by atoms with Crippen molar-refractivity contribution in [3.05, 3.63) is 42.5 Å². The molecule has 4 nitrogen and oxygen atoms in total. The first-order valence-electron chi connectivity index (χ1n) is 4.69. The fourth-order valence-corrected chi connectivity index (χ4v) is 1.56. The molecule has 0 bridgehead atoms. The molecule has 0 spiro atoms. The first-order chi connectivity index (χ1) is 7.34. The van der Waals surface area contributed by atoms with Crippen molar-refractivity contribution in [2.45, 2.75) is 6.92 Å². The standard InChI is InChI=1S/C11H9N3O/c1-8-4-5-10(15-8)14-7-13-9-3-2-6-12-11(9)14/h2-7H,1H3. The number of rotatable bonds is 1. The molecule has 74 valence electrons. The zero-order valence-electron chi connectivity index (χ0n) is 8.21. The minimum absolute atomic E-state index is 0.744. The number of furan rings is 1. The van der Waals surface area contributed by atoms with Crippen molar-refractivity contribution >= 4 is 11.2 Å². The maximum atomic E-state index is 5.52. The smallest absolute Gasteiger partial charge is 0.206 e. The molecule has 3 rings (SSSR count). The number of hydrogen-bond acceptors (Lipinski definition) is 3. The summed E-state index contributed by atoms with van der Waals surface area (Å²) in [7, 11) is 0. The summed E-state index contributed by atoms with van der Waals surface area (Å²) in [5.41, 5.74) is 1.68. The van der Waals surface area contributed by atoms with Crippen LogP contribution in [0, 0.1) is 6.92 Å². The van der Waals surface area contributed by atoms with Crippen LogP contribution in [0.3, 0.4) is 0 Å². The molecule has 0 aliphatic carbocycles. The third-order valence-electron chi connectivity index (χ3n) is 2.27. The molecule has 4 heteroatoms. The number of imidazole rings is 1. The van der Waals surface area contributed by atoms with Crippen molar-refractivity contribution in [1.82, 2.24) is 14.5 Å². The Hall–Kier alpha value is -2.10. The SMILES string of the molecule is Cc1ccc(-n2cnc3cccnc32)o1. The number of aromatic nitrogens is 3. The predicted molar refractivity (Wildman–Crippen MR) is 55.9 cm³/mol. The van der Waals surface area contributed by atoms with Crippen LogP contribution in [0.15, 0.2) is 41.2 Å². The van der Waals surface area contributed by atoms with Gasteiger partial charge >= 0.3 is 0 Å². The van der Waals surface area contributed by atoms with Crippen LogP contribution in [0.1, 0.15) is 5.76 Å². The molecule has 0 aliphatic heterocycles. The van der Waals surface area contributed by atoms with E-state index in [1.807, 2.05) is 35.8 Å². The molecule has 0 fully saturated rings. The Morgan fingerprint density at radius 2 is 2.13 bits per heavy atom. The third-order valence-corrected chi connectivity index (χ3v) is 2.27. The van der Waals surface area contributed by atoms with Crippen LogP contribution in [0.2, 0.25) is 0 Å². The van der Waals surface area contributed by atoms with Crippen molar-refractivity contribution in [2.75, 3.05) is 0 Å². The van der Waals surface area contributed by atoms with E-state index >= 15 is 0 Å². The fourth-order valence-electron chi connectivity index (χ4n) is 1.56. The van der Waals surface area contributed by atoms with E-state index in [1.165, 1.54) is 0 Å². The van der Waals surface area contributed by atoms with Gasteiger partial charge in [-0.1, -0.05) is 0 Å². The number of fused-ring (bicyclic) bond motifs is 1. The Bertz CT molecular complexity index is 609. The first-order valence-corrected chi connectivity index (χ1v) is 4.69. The van der Waals surface area contributed by atoms with Crippen molar-refractivity contribution in [3.63, 3.8) is 0 Å². The lowest BCUT2D eigenvalue weighted by molar-refractivity contribution is 0.512. The highest BCUT2D eigenvalue weighted by Gasteiger charge is 2.07. The van der Waals surface area contributed by atoms with E-state index in [1.54, 1.807) is 12.5 Å². The summed E-state index contributed by atoms with van der Waals surface area (Å²) in [5, 5.41) is 0. The van der Waals surface area contributed by atoms with Gasteiger partial charge in [0.2, 0.25) is 5.88 Å². The largest absolute Gasteiger partial charge is 0.445 e. The number of hydrogen-bond donors (Lipinski definition) is 0. The maximum absolute atomic E-state index is 5.52. The van der Waals surface area contributed by atoms with Gasteiger partial charge in [0.15, 0.2) is 5.65 Å². The van der Waals surface area contributed by atoms with Crippen LogP contribution in [-0.2, 0) is 0 Å². The highest BCUT2D eigenvalue weighted by molar-refractivity contribution is 5.71. The van der Waals surface area contributed by atoms with Gasteiger partial charge < -0.3 is 4.42 Å². The van der Waals surface area contributed by atoms with Gasteiger partial charge in [-0.3, -0.25) is 4.57 Å². The second-order valence-electron chi connectivity index (χ2n) is 3.34. The summed E-state index contributed by atoms with van der Waals surface area (Å²) in [6, 6.07) is 7.62. The Morgan fingerprint density at radius 3 is 2.93 bits per heavy atom. The second kappa shape index (κ2) is 2.95. The normalized spacial score (nSPS) is 11.0. The molecule has 0 N–H and O–H groups in total. The van der Waals surface area contributed by atoms with Gasteiger partial charge in [0.1, 0.15) is 17.6 Å². The molecular formula is C11H9N3O. The van der Waals surface area contributed by atoms with Crippen LogP contribution in [0.25, 0.3) is 17.0 Å². The molecule has 15 heavy (non-hydrogen) atoms. The molecule has 0 amide bonds. The number of aryl methyl sites for hydroxylation is 1. The molecule has 0 saturated carbocycles. The summed E-state index contributed by atoms with van der Waals surface area (Å²) in [5.74, 6) is 1.62. The Kier molecular flexibility index (Phi) is 1.62. The van der Waals surface area contributed by atoms with Gasteiger partial charge in [0.25, 0.3) is 0 Å². The predicted octanol–water partition coefficient (Wildman–Crippen LogP) is 2.32. The summed E-state index contributed by atoms with van der Waals surface area (Å²) in [6.07, 6.45) is 3.46. The molecule has 0 saturated heterocycles. The maximum Gasteiger partial charge on any atom is 0.206 e. The van der Waals surface area contributed by atoms with E-state index in [0.29, 0.717) is 0 Å². The van der Waals surface area contributed by atoms with Gasteiger partial charge in [0, 0.05) is 12.3 Å². The summed E-state index contributed by atoms with van der Waals surface area (Å²) in [4.78, 5) is 8.51. The summed E-state index contributed by atoms with van der Waals surface area (Å²) in [6.45, 7) is 1.91. The average Bonchev–Trinajstić information content (AvgIpc) is 2.83. The molecule has 0 atom stereocenters. The lowest BCUT2D eigenvalue weighted by atomic mass is 10.4. The quantitative estimate of drug-likeness (QED) is 0.604. The molecule has 3 aromatic rings. The van der Waals surface area contributed by atoms with Crippen LogP contribution < -0.4 is 0 Å². The highest BCUT2D eigenvalue weighted by atomic mass is 16.4. The van der Waals surface area contributed by atoms with Gasteiger partial charge in [-0.15, -0.1) is 0 Å². The lowest BCUT2D eigenvalue weighted by Crippen LogP contribution is -1.90. The van der Waals surface area contributed by atoms with Gasteiger partial charge in [0.05, 0.1) is 0 Å². The number of nitrogens with zero attached hydrogens (tertiary/aromatic N) is 3. The molecule has 0 unspecified atom stereocenters. The van der Waals surface area contributed by atoms with E-state index in [0.717, 1.165) is 22.8 Å². The molecule has 0 radical (unpaired) electrons. The third kappa shape index (κ3) is 1.22. The van der Waals surface area contributed by atoms with Crippen LogP contribution >= 0.6 is 0 Å². The zero-order chi connectivity index (χ0) is 10.3. The van der Waals surface area contributed by atoms with Crippen molar-refractivity contribution in [3.8, 4) is 5.88 Å². The highest BCUT2D eigenvalue weighted by Crippen LogP contribution is 2.17. The molecule has 0 aliphatic rings. The minimum Gasteiger partial charge on any atom is -0.445 e. The van der Waals surface area contributed by atoms with Gasteiger partial charge in [-0.05, 0) is 25.1 Å². The van der Waals surface area contributed by atoms with E-state index in [4.69, 9.17) is 4.42 Å². The van der Waals surface area contributed by atoms with E-state index in [-0.39, 0.29) is 0 Å². The van der Waals surface area contributed by atoms with Crippen LogP contribution in [0.5, 0.6) is 0 Å². The van der Waals surface area contributed by atoms with E-state index < -0.39 is 0 Å². The Balaban J connectivity index is 2.27. The lowest BCUT2D eigenvalue weighted by Gasteiger charge is -1.97. The molecule has 3 aromatic heterocycles. The fraction of sp³-hybridized carbons (Fsp3) is 0.0909. The molecule has 3 heterocycles. The summed E-state index contributed by atoms with van der Waals surface area (Å²) < 4.78 is 7.35. The first kappa shape index (κ1) is 8.23. The summed E-state index contributed by atoms with van der Waals surface area (Å²) >= 11 is 0. The monoisotopic (exact) mass is 199 g/mol. The Labute approximate surface area is 86.2 Å². The van der Waals surface area contributed by atoms with Crippen molar-refractivity contribution in [2.24, 2.45) is 0 Å². The van der Waals surface area contributed by atoms with E-state index in [9.17, 15) is 0 Å². The Morgan fingerprint density at radius 1 is 1.20 bits per heavy atom. The van der Waals surface area contributed by atoms with Gasteiger partial charge in [-0.25, -0.2) is 9.97 Å². The topological polar surface area (TPSA) is 43.9 Å². The second-order valence-corrected chi connectivity index (χ2v) is 3.34. The van der Waals surface area contributed by atoms with Gasteiger partial charge in [-0.2, -0.15) is 0 Å². The van der Waals surface area contributed by atoms with Crippen molar-refractivity contribution < 1.29 is 4.42 Å². The average molecular weight is 199 g/mol. The van der Waals surface area contributed by atoms with Crippen LogP contribution in [-0.4, -0.2) is 14.5 Å². The van der Waals surface area contributed by atoms with Crippen molar-refractivity contribution in [1.29, 1.82) is 0 Å². The minimum atomic E-state index is 0.744. The van der Waals surface area contributed by atoms with E-state index in [2.05, 4.69) is 9.97 Å². The number of pyridine rings is 1. The molecule has 0 aromatic carbocycles. The molecular weight excluding hydrogens is 190 g/mol. The van der Waals surface area contributed by atoms with Crippen LogP contribution in [0.4, 0.5) is 0 Å².